The third kappa shape index (κ3) is 4.24. The summed E-state index contributed by atoms with van der Waals surface area (Å²) in [6.07, 6.45) is -2.74. The molecule has 0 atom stereocenters. The first-order valence-electron chi connectivity index (χ1n) is 8.90. The monoisotopic (exact) mass is 409 g/mol. The van der Waals surface area contributed by atoms with E-state index in [0.29, 0.717) is 40.5 Å². The Morgan fingerprint density at radius 3 is 2.30 bits per heavy atom. The van der Waals surface area contributed by atoms with E-state index in [2.05, 4.69) is 25.4 Å². The van der Waals surface area contributed by atoms with Crippen molar-refractivity contribution >= 4 is 22.7 Å². The van der Waals surface area contributed by atoms with E-state index in [1.165, 1.54) is 12.1 Å². The summed E-state index contributed by atoms with van der Waals surface area (Å²) in [5, 5.41) is 5.95. The Morgan fingerprint density at radius 2 is 1.63 bits per heavy atom. The lowest BCUT2D eigenvalue weighted by Crippen LogP contribution is -2.06. The van der Waals surface area contributed by atoms with Gasteiger partial charge in [-0.05, 0) is 47.1 Å². The second-order valence-electron chi connectivity index (χ2n) is 6.48. The van der Waals surface area contributed by atoms with Gasteiger partial charge in [0.15, 0.2) is 5.65 Å². The topological polar surface area (TPSA) is 80.1 Å². The molecule has 0 saturated carbocycles. The lowest BCUT2D eigenvalue weighted by Gasteiger charge is -2.09. The van der Waals surface area contributed by atoms with Crippen LogP contribution in [-0.4, -0.2) is 15.0 Å². The van der Waals surface area contributed by atoms with Crippen molar-refractivity contribution in [2.75, 3.05) is 5.32 Å². The normalized spacial score (nSPS) is 11.4. The van der Waals surface area contributed by atoms with Gasteiger partial charge >= 0.3 is 6.18 Å². The van der Waals surface area contributed by atoms with Crippen LogP contribution in [0.1, 0.15) is 11.1 Å². The van der Waals surface area contributed by atoms with Gasteiger partial charge in [0.05, 0.1) is 17.5 Å². The molecule has 0 aliphatic heterocycles. The molecule has 0 unspecified atom stereocenters. The van der Waals surface area contributed by atoms with E-state index >= 15 is 0 Å². The van der Waals surface area contributed by atoms with Crippen LogP contribution < -0.4 is 5.32 Å². The number of anilines is 1. The largest absolute Gasteiger partial charge is 0.416 e. The van der Waals surface area contributed by atoms with Crippen LogP contribution in [-0.2, 0) is 12.7 Å². The summed E-state index contributed by atoms with van der Waals surface area (Å²) in [6, 6.07) is 15.0. The van der Waals surface area contributed by atoms with Crippen LogP contribution in [0.3, 0.4) is 0 Å². The molecule has 150 valence electrons. The molecule has 0 aliphatic rings. The fraction of sp³-hybridized carbons (Fsp3) is 0.0952. The van der Waals surface area contributed by atoms with Gasteiger partial charge in [0.25, 0.3) is 0 Å². The number of halogens is 3. The maximum atomic E-state index is 12.7. The number of hydrogen-bond donors (Lipinski definition) is 1. The molecule has 4 aromatic rings. The molecule has 0 fully saturated rings. The summed E-state index contributed by atoms with van der Waals surface area (Å²) in [6.45, 7) is 0.309. The Kier molecular flexibility index (Phi) is 5.09. The van der Waals surface area contributed by atoms with Gasteiger partial charge in [0.1, 0.15) is 17.0 Å². The highest BCUT2D eigenvalue weighted by molar-refractivity contribution is 5.75. The average molecular weight is 409 g/mol. The van der Waals surface area contributed by atoms with Crippen LogP contribution >= 0.6 is 0 Å². The second kappa shape index (κ2) is 7.86. The summed E-state index contributed by atoms with van der Waals surface area (Å²) in [4.78, 5) is 23.8. The second-order valence-corrected chi connectivity index (χ2v) is 6.48. The first kappa shape index (κ1) is 19.4. The smallest absolute Gasteiger partial charge is 0.366 e. The Morgan fingerprint density at radius 1 is 0.900 bits per heavy atom. The zero-order chi connectivity index (χ0) is 21.1. The standard InChI is InChI=1S/C21H14F3N5O/c22-21(23,24)15-5-1-13(2-6-15)11-26-19-10-9-17-20(28-19)27-18(12-25-17)14-3-7-16(29-30)8-4-14/h1-10,12H,11H2,(H,26,27,28). The first-order valence-corrected chi connectivity index (χ1v) is 8.90. The number of nitroso groups, excluding NO2 is 1. The van der Waals surface area contributed by atoms with E-state index in [4.69, 9.17) is 0 Å². The Labute approximate surface area is 168 Å². The summed E-state index contributed by atoms with van der Waals surface area (Å²) in [5.74, 6) is 0.523. The molecule has 2 heterocycles. The Bertz CT molecular complexity index is 1190. The maximum absolute atomic E-state index is 12.7. The minimum absolute atomic E-state index is 0.309. The lowest BCUT2D eigenvalue weighted by molar-refractivity contribution is -0.137. The van der Waals surface area contributed by atoms with Crippen LogP contribution in [0.2, 0.25) is 0 Å². The fourth-order valence-electron chi connectivity index (χ4n) is 2.83. The highest BCUT2D eigenvalue weighted by Gasteiger charge is 2.29. The van der Waals surface area contributed by atoms with Crippen molar-refractivity contribution in [2.24, 2.45) is 5.18 Å². The number of fused-ring (bicyclic) bond motifs is 1. The molecule has 0 radical (unpaired) electrons. The number of hydrogen-bond acceptors (Lipinski definition) is 6. The zero-order valence-corrected chi connectivity index (χ0v) is 15.4. The molecule has 6 nitrogen and oxygen atoms in total. The quantitative estimate of drug-likeness (QED) is 0.427. The molecule has 0 spiro atoms. The lowest BCUT2D eigenvalue weighted by atomic mass is 10.1. The van der Waals surface area contributed by atoms with Crippen LogP contribution in [0.15, 0.2) is 72.0 Å². The number of benzene rings is 2. The minimum atomic E-state index is -4.35. The van der Waals surface area contributed by atoms with E-state index in [-0.39, 0.29) is 0 Å². The Balaban J connectivity index is 1.52. The van der Waals surface area contributed by atoms with E-state index in [1.807, 2.05) is 0 Å². The summed E-state index contributed by atoms with van der Waals surface area (Å²) >= 11 is 0. The van der Waals surface area contributed by atoms with Crippen LogP contribution in [0.5, 0.6) is 0 Å². The van der Waals surface area contributed by atoms with E-state index in [9.17, 15) is 18.1 Å². The maximum Gasteiger partial charge on any atom is 0.416 e. The van der Waals surface area contributed by atoms with Gasteiger partial charge in [-0.2, -0.15) is 13.2 Å². The van der Waals surface area contributed by atoms with Gasteiger partial charge in [0.2, 0.25) is 0 Å². The van der Waals surface area contributed by atoms with Crippen LogP contribution in [0.4, 0.5) is 24.7 Å². The molecular formula is C21H14F3N5O. The minimum Gasteiger partial charge on any atom is -0.366 e. The van der Waals surface area contributed by atoms with E-state index in [0.717, 1.165) is 17.7 Å². The molecule has 0 amide bonds. The number of rotatable bonds is 5. The van der Waals surface area contributed by atoms with Crippen LogP contribution in [0.25, 0.3) is 22.4 Å². The number of nitrogens with zero attached hydrogens (tertiary/aromatic N) is 4. The first-order chi connectivity index (χ1) is 14.4. The van der Waals surface area contributed by atoms with E-state index < -0.39 is 11.7 Å². The molecule has 2 aromatic carbocycles. The van der Waals surface area contributed by atoms with Gasteiger partial charge in [-0.3, -0.25) is 4.98 Å². The fourth-order valence-corrected chi connectivity index (χ4v) is 2.83. The van der Waals surface area contributed by atoms with Gasteiger partial charge in [-0.15, -0.1) is 4.91 Å². The van der Waals surface area contributed by atoms with Crippen molar-refractivity contribution in [3.05, 3.63) is 82.9 Å². The number of nitrogens with one attached hydrogen (secondary N) is 1. The van der Waals surface area contributed by atoms with Crippen molar-refractivity contribution in [3.8, 4) is 11.3 Å². The average Bonchev–Trinajstić information content (AvgIpc) is 2.77. The number of aromatic nitrogens is 3. The Hall–Kier alpha value is -3.88. The molecule has 0 saturated heterocycles. The highest BCUT2D eigenvalue weighted by atomic mass is 19.4. The highest BCUT2D eigenvalue weighted by Crippen LogP contribution is 2.29. The van der Waals surface area contributed by atoms with Crippen molar-refractivity contribution < 1.29 is 13.2 Å². The van der Waals surface area contributed by atoms with Crippen molar-refractivity contribution in [3.63, 3.8) is 0 Å². The SMILES string of the molecule is O=Nc1ccc(-c2cnc3ccc(NCc4ccc(C(F)(F)F)cc4)nc3n2)cc1. The van der Waals surface area contributed by atoms with Gasteiger partial charge in [-0.25, -0.2) is 9.97 Å². The van der Waals surface area contributed by atoms with Gasteiger partial charge in [0, 0.05) is 12.1 Å². The van der Waals surface area contributed by atoms with Crippen molar-refractivity contribution in [1.29, 1.82) is 0 Å². The van der Waals surface area contributed by atoms with Crippen molar-refractivity contribution in [2.45, 2.75) is 12.7 Å². The van der Waals surface area contributed by atoms with Crippen molar-refractivity contribution in [1.82, 2.24) is 15.0 Å². The predicted molar refractivity (Wildman–Crippen MR) is 107 cm³/mol. The van der Waals surface area contributed by atoms with E-state index in [1.54, 1.807) is 42.6 Å². The molecule has 9 heteroatoms. The third-order valence-corrected chi connectivity index (χ3v) is 4.43. The number of alkyl halides is 3. The zero-order valence-electron chi connectivity index (χ0n) is 15.4. The molecule has 30 heavy (non-hydrogen) atoms. The molecular weight excluding hydrogens is 395 g/mol. The third-order valence-electron chi connectivity index (χ3n) is 4.43. The predicted octanol–water partition coefficient (Wildman–Crippen LogP) is 5.72. The summed E-state index contributed by atoms with van der Waals surface area (Å²) in [7, 11) is 0. The number of pyridine rings is 1. The van der Waals surface area contributed by atoms with Gasteiger partial charge in [-0.1, -0.05) is 24.3 Å². The molecule has 0 aliphatic carbocycles. The van der Waals surface area contributed by atoms with Crippen LogP contribution in [0, 0.1) is 4.91 Å². The molecule has 0 bridgehead atoms. The van der Waals surface area contributed by atoms with Gasteiger partial charge < -0.3 is 5.32 Å². The molecule has 2 aromatic heterocycles. The molecule has 1 N–H and O–H groups in total. The summed E-state index contributed by atoms with van der Waals surface area (Å²) in [5.41, 5.74) is 2.70. The summed E-state index contributed by atoms with van der Waals surface area (Å²) < 4.78 is 38.0. The molecule has 4 rings (SSSR count).